The van der Waals surface area contributed by atoms with Crippen LogP contribution in [0.1, 0.15) is 39.1 Å². The van der Waals surface area contributed by atoms with Gasteiger partial charge in [0.15, 0.2) is 0 Å². The summed E-state index contributed by atoms with van der Waals surface area (Å²) >= 11 is 0. The number of nitrogens with zero attached hydrogens (tertiary/aromatic N) is 3. The first kappa shape index (κ1) is 20.3. The smallest absolute Gasteiger partial charge is 0.257 e. The SMILES string of the molecule is N#Cc1ccc(C(=O)NC2CCN(C(=O)c3cn[nH]c3-c3ccc(F)cc3)CC2)cc1. The van der Waals surface area contributed by atoms with E-state index in [1.807, 2.05) is 6.07 Å². The third-order valence-corrected chi connectivity index (χ3v) is 5.40. The number of carbonyl (C=O) groups is 2. The van der Waals surface area contributed by atoms with E-state index in [4.69, 9.17) is 5.26 Å². The Morgan fingerprint density at radius 2 is 1.77 bits per heavy atom. The Bertz CT molecular complexity index is 1120. The first-order chi connectivity index (χ1) is 15.0. The molecule has 2 N–H and O–H groups in total. The van der Waals surface area contributed by atoms with E-state index in [0.29, 0.717) is 53.9 Å². The predicted octanol–water partition coefficient (Wildman–Crippen LogP) is 3.12. The van der Waals surface area contributed by atoms with E-state index in [1.165, 1.54) is 18.3 Å². The van der Waals surface area contributed by atoms with Gasteiger partial charge in [0.1, 0.15) is 5.82 Å². The lowest BCUT2D eigenvalue weighted by Crippen LogP contribution is -2.46. The maximum absolute atomic E-state index is 13.2. The van der Waals surface area contributed by atoms with E-state index in [2.05, 4.69) is 15.5 Å². The molecule has 0 unspecified atom stereocenters. The highest BCUT2D eigenvalue weighted by Gasteiger charge is 2.27. The summed E-state index contributed by atoms with van der Waals surface area (Å²) in [4.78, 5) is 27.2. The summed E-state index contributed by atoms with van der Waals surface area (Å²) in [6.45, 7) is 1.01. The van der Waals surface area contributed by atoms with Crippen LogP contribution in [0.25, 0.3) is 11.3 Å². The molecule has 3 aromatic rings. The fourth-order valence-electron chi connectivity index (χ4n) is 3.65. The second kappa shape index (κ2) is 8.79. The lowest BCUT2D eigenvalue weighted by atomic mass is 10.0. The molecule has 0 bridgehead atoms. The molecule has 4 rings (SSSR count). The molecular formula is C23H20FN5O2. The fraction of sp³-hybridized carbons (Fsp3) is 0.217. The van der Waals surface area contributed by atoms with E-state index in [-0.39, 0.29) is 23.7 Å². The van der Waals surface area contributed by atoms with Crippen LogP contribution in [0.15, 0.2) is 54.7 Å². The maximum atomic E-state index is 13.2. The molecule has 1 aliphatic heterocycles. The standard InChI is InChI=1S/C23H20FN5O2/c24-18-7-5-16(6-8-18)21-20(14-26-28-21)23(31)29-11-9-19(10-12-29)27-22(30)17-3-1-15(13-25)2-4-17/h1-8,14,19H,9-12H2,(H,26,28)(H,27,30). The van der Waals surface area contributed by atoms with Gasteiger partial charge in [0.05, 0.1) is 29.1 Å². The number of aromatic amines is 1. The van der Waals surface area contributed by atoms with Gasteiger partial charge in [0.2, 0.25) is 0 Å². The second-order valence-corrected chi connectivity index (χ2v) is 7.39. The highest BCUT2D eigenvalue weighted by Crippen LogP contribution is 2.24. The van der Waals surface area contributed by atoms with Crippen molar-refractivity contribution < 1.29 is 14.0 Å². The Labute approximate surface area is 178 Å². The van der Waals surface area contributed by atoms with Crippen molar-refractivity contribution in [3.63, 3.8) is 0 Å². The number of nitrogens with one attached hydrogen (secondary N) is 2. The van der Waals surface area contributed by atoms with Gasteiger partial charge < -0.3 is 10.2 Å². The average molecular weight is 417 g/mol. The molecule has 1 fully saturated rings. The molecule has 7 nitrogen and oxygen atoms in total. The number of piperidine rings is 1. The van der Waals surface area contributed by atoms with Gasteiger partial charge in [0.25, 0.3) is 11.8 Å². The van der Waals surface area contributed by atoms with Crippen LogP contribution in [-0.2, 0) is 0 Å². The largest absolute Gasteiger partial charge is 0.349 e. The minimum atomic E-state index is -0.346. The molecule has 2 heterocycles. The molecular weight excluding hydrogens is 397 g/mol. The molecule has 1 saturated heterocycles. The number of benzene rings is 2. The van der Waals surface area contributed by atoms with Crippen molar-refractivity contribution in [3.8, 4) is 17.3 Å². The number of hydrogen-bond acceptors (Lipinski definition) is 4. The van der Waals surface area contributed by atoms with Gasteiger partial charge in [-0.3, -0.25) is 14.7 Å². The van der Waals surface area contributed by atoms with Crippen LogP contribution < -0.4 is 5.32 Å². The van der Waals surface area contributed by atoms with Gasteiger partial charge in [0, 0.05) is 30.3 Å². The Morgan fingerprint density at radius 1 is 1.10 bits per heavy atom. The number of rotatable bonds is 4. The molecule has 0 radical (unpaired) electrons. The molecule has 2 aromatic carbocycles. The Morgan fingerprint density at radius 3 is 2.42 bits per heavy atom. The highest BCUT2D eigenvalue weighted by atomic mass is 19.1. The van der Waals surface area contributed by atoms with Crippen molar-refractivity contribution in [2.75, 3.05) is 13.1 Å². The number of amides is 2. The molecule has 2 amide bonds. The van der Waals surface area contributed by atoms with Crippen LogP contribution in [0.3, 0.4) is 0 Å². The molecule has 0 aliphatic carbocycles. The minimum Gasteiger partial charge on any atom is -0.349 e. The van der Waals surface area contributed by atoms with Crippen molar-refractivity contribution in [1.29, 1.82) is 5.26 Å². The monoisotopic (exact) mass is 417 g/mol. The third-order valence-electron chi connectivity index (χ3n) is 5.40. The summed E-state index contributed by atoms with van der Waals surface area (Å²) in [7, 11) is 0. The average Bonchev–Trinajstić information content (AvgIpc) is 3.29. The summed E-state index contributed by atoms with van der Waals surface area (Å²) in [6, 6.07) is 14.4. The molecule has 8 heteroatoms. The van der Waals surface area contributed by atoms with Gasteiger partial charge in [-0.05, 0) is 61.4 Å². The van der Waals surface area contributed by atoms with Crippen LogP contribution in [0.4, 0.5) is 4.39 Å². The van der Waals surface area contributed by atoms with E-state index >= 15 is 0 Å². The molecule has 0 atom stereocenters. The van der Waals surface area contributed by atoms with Gasteiger partial charge in [-0.15, -0.1) is 0 Å². The zero-order chi connectivity index (χ0) is 21.8. The van der Waals surface area contributed by atoms with Gasteiger partial charge in [-0.1, -0.05) is 0 Å². The summed E-state index contributed by atoms with van der Waals surface area (Å²) in [6.07, 6.45) is 2.76. The first-order valence-electron chi connectivity index (χ1n) is 9.95. The molecule has 0 spiro atoms. The van der Waals surface area contributed by atoms with Crippen LogP contribution in [0, 0.1) is 17.1 Å². The van der Waals surface area contributed by atoms with E-state index in [9.17, 15) is 14.0 Å². The first-order valence-corrected chi connectivity index (χ1v) is 9.95. The number of nitriles is 1. The van der Waals surface area contributed by atoms with Gasteiger partial charge >= 0.3 is 0 Å². The number of aromatic nitrogens is 2. The number of H-pyrrole nitrogens is 1. The van der Waals surface area contributed by atoms with E-state index < -0.39 is 0 Å². The molecule has 1 aliphatic rings. The Kier molecular flexibility index (Phi) is 5.76. The van der Waals surface area contributed by atoms with Crippen molar-refractivity contribution in [1.82, 2.24) is 20.4 Å². The molecule has 0 saturated carbocycles. The number of halogens is 1. The number of hydrogen-bond donors (Lipinski definition) is 2. The lowest BCUT2D eigenvalue weighted by Gasteiger charge is -2.32. The third kappa shape index (κ3) is 4.46. The van der Waals surface area contributed by atoms with Gasteiger partial charge in [-0.2, -0.15) is 10.4 Å². The number of carbonyl (C=O) groups excluding carboxylic acids is 2. The Hall–Kier alpha value is -3.99. The summed E-state index contributed by atoms with van der Waals surface area (Å²) < 4.78 is 13.2. The van der Waals surface area contributed by atoms with Crippen LogP contribution in [-0.4, -0.2) is 46.0 Å². The quantitative estimate of drug-likeness (QED) is 0.681. The molecule has 1 aromatic heterocycles. The van der Waals surface area contributed by atoms with Crippen LogP contribution in [0.5, 0.6) is 0 Å². The van der Waals surface area contributed by atoms with Crippen LogP contribution in [0.2, 0.25) is 0 Å². The maximum Gasteiger partial charge on any atom is 0.257 e. The Balaban J connectivity index is 1.36. The van der Waals surface area contributed by atoms with Gasteiger partial charge in [-0.25, -0.2) is 4.39 Å². The van der Waals surface area contributed by atoms with Crippen molar-refractivity contribution in [2.45, 2.75) is 18.9 Å². The topological polar surface area (TPSA) is 102 Å². The molecule has 31 heavy (non-hydrogen) atoms. The van der Waals surface area contributed by atoms with E-state index in [0.717, 1.165) is 0 Å². The van der Waals surface area contributed by atoms with Crippen molar-refractivity contribution in [2.24, 2.45) is 0 Å². The van der Waals surface area contributed by atoms with Crippen molar-refractivity contribution >= 4 is 11.8 Å². The molecule has 156 valence electrons. The van der Waals surface area contributed by atoms with Crippen LogP contribution >= 0.6 is 0 Å². The number of likely N-dealkylation sites (tertiary alicyclic amines) is 1. The van der Waals surface area contributed by atoms with E-state index in [1.54, 1.807) is 41.3 Å². The predicted molar refractivity (Wildman–Crippen MR) is 112 cm³/mol. The highest BCUT2D eigenvalue weighted by molar-refractivity contribution is 6.00. The lowest BCUT2D eigenvalue weighted by molar-refractivity contribution is 0.0699. The zero-order valence-electron chi connectivity index (χ0n) is 16.6. The summed E-state index contributed by atoms with van der Waals surface area (Å²) in [5.74, 6) is -0.686. The minimum absolute atomic E-state index is 0.0342. The zero-order valence-corrected chi connectivity index (χ0v) is 16.6. The second-order valence-electron chi connectivity index (χ2n) is 7.39. The summed E-state index contributed by atoms with van der Waals surface area (Å²) in [5, 5.41) is 18.7. The van der Waals surface area contributed by atoms with Crippen molar-refractivity contribution in [3.05, 3.63) is 77.2 Å². The summed E-state index contributed by atoms with van der Waals surface area (Å²) in [5.41, 5.74) is 2.68. The normalized spacial score (nSPS) is 14.1. The fourth-order valence-corrected chi connectivity index (χ4v) is 3.65.